The lowest BCUT2D eigenvalue weighted by atomic mass is 9.96. The first-order valence-electron chi connectivity index (χ1n) is 9.66. The van der Waals surface area contributed by atoms with Crippen LogP contribution in [0.25, 0.3) is 0 Å². The average molecular weight is 436 g/mol. The van der Waals surface area contributed by atoms with Gasteiger partial charge in [-0.25, -0.2) is 8.42 Å². The number of halogens is 1. The number of carbonyl (C=O) groups is 1. The van der Waals surface area contributed by atoms with Gasteiger partial charge >= 0.3 is 0 Å². The van der Waals surface area contributed by atoms with Crippen molar-refractivity contribution in [3.8, 4) is 0 Å². The molecule has 1 fully saturated rings. The van der Waals surface area contributed by atoms with E-state index in [2.05, 4.69) is 10.2 Å². The molecule has 0 bridgehead atoms. The minimum absolute atomic E-state index is 0.00660. The molecule has 2 aromatic carbocycles. The van der Waals surface area contributed by atoms with Crippen molar-refractivity contribution in [2.45, 2.75) is 24.8 Å². The highest BCUT2D eigenvalue weighted by Gasteiger charge is 2.20. The van der Waals surface area contributed by atoms with Crippen LogP contribution in [0.15, 0.2) is 41.3 Å². The van der Waals surface area contributed by atoms with Gasteiger partial charge in [0.15, 0.2) is 9.84 Å². The minimum Gasteiger partial charge on any atom is -0.366 e. The molecule has 1 aliphatic rings. The maximum atomic E-state index is 12.5. The number of nitrogens with two attached hydrogens (primary N) is 1. The maximum absolute atomic E-state index is 12.5. The first-order chi connectivity index (χ1) is 13.8. The van der Waals surface area contributed by atoms with Crippen LogP contribution in [0.1, 0.15) is 34.0 Å². The van der Waals surface area contributed by atoms with E-state index in [0.717, 1.165) is 38.3 Å². The van der Waals surface area contributed by atoms with Gasteiger partial charge in [-0.1, -0.05) is 30.7 Å². The van der Waals surface area contributed by atoms with Gasteiger partial charge in [0.1, 0.15) is 0 Å². The highest BCUT2D eigenvalue weighted by atomic mass is 35.5. The van der Waals surface area contributed by atoms with Crippen molar-refractivity contribution in [2.24, 2.45) is 5.73 Å². The molecule has 0 aromatic heterocycles. The van der Waals surface area contributed by atoms with E-state index >= 15 is 0 Å². The highest BCUT2D eigenvalue weighted by molar-refractivity contribution is 7.91. The largest absolute Gasteiger partial charge is 0.366 e. The minimum atomic E-state index is -3.42. The third kappa shape index (κ3) is 5.36. The number of benzene rings is 2. The molecule has 0 spiro atoms. The summed E-state index contributed by atoms with van der Waals surface area (Å²) in [6, 6.07) is 10.3. The number of hydrogen-bond acceptors (Lipinski definition) is 5. The van der Waals surface area contributed by atoms with Crippen LogP contribution in [0, 0.1) is 0 Å². The number of carbonyl (C=O) groups excluding carboxylic acids is 1. The first-order valence-corrected chi connectivity index (χ1v) is 11.7. The zero-order valence-corrected chi connectivity index (χ0v) is 18.0. The molecule has 0 aliphatic carbocycles. The van der Waals surface area contributed by atoms with Crippen molar-refractivity contribution >= 4 is 27.3 Å². The predicted molar refractivity (Wildman–Crippen MR) is 115 cm³/mol. The number of hydrogen-bond donors (Lipinski definition) is 2. The van der Waals surface area contributed by atoms with Crippen molar-refractivity contribution in [3.63, 3.8) is 0 Å². The molecule has 0 unspecified atom stereocenters. The smallest absolute Gasteiger partial charge is 0.248 e. The molecule has 3 rings (SSSR count). The number of sulfone groups is 1. The van der Waals surface area contributed by atoms with Crippen molar-refractivity contribution in [1.82, 2.24) is 10.2 Å². The summed E-state index contributed by atoms with van der Waals surface area (Å²) in [6.45, 7) is 6.19. The molecule has 1 amide bonds. The zero-order valence-electron chi connectivity index (χ0n) is 16.4. The molecule has 8 heteroatoms. The number of nitrogens with zero attached hydrogens (tertiary/aromatic N) is 1. The lowest BCUT2D eigenvalue weighted by Gasteiger charge is -2.27. The lowest BCUT2D eigenvalue weighted by molar-refractivity contribution is 0.0999. The van der Waals surface area contributed by atoms with Crippen LogP contribution < -0.4 is 11.1 Å². The Morgan fingerprint density at radius 1 is 1.14 bits per heavy atom. The molecular formula is C21H26ClN3O3S. The Kier molecular flexibility index (Phi) is 6.95. The summed E-state index contributed by atoms with van der Waals surface area (Å²) in [7, 11) is -3.42. The second kappa shape index (κ2) is 9.26. The Balaban J connectivity index is 1.98. The fourth-order valence-electron chi connectivity index (χ4n) is 3.61. The monoisotopic (exact) mass is 435 g/mol. The van der Waals surface area contributed by atoms with Crippen LogP contribution in [0.4, 0.5) is 0 Å². The molecule has 1 saturated heterocycles. The van der Waals surface area contributed by atoms with Gasteiger partial charge in [0, 0.05) is 43.3 Å². The molecule has 0 radical (unpaired) electrons. The molecule has 156 valence electrons. The zero-order chi connectivity index (χ0) is 21.0. The van der Waals surface area contributed by atoms with Gasteiger partial charge in [-0.3, -0.25) is 9.69 Å². The van der Waals surface area contributed by atoms with E-state index in [1.54, 1.807) is 25.1 Å². The number of piperazine rings is 1. The molecule has 6 nitrogen and oxygen atoms in total. The van der Waals surface area contributed by atoms with Gasteiger partial charge in [-0.05, 0) is 47.4 Å². The van der Waals surface area contributed by atoms with E-state index in [1.807, 2.05) is 12.1 Å². The summed E-state index contributed by atoms with van der Waals surface area (Å²) in [4.78, 5) is 14.6. The second-order valence-corrected chi connectivity index (χ2v) is 9.90. The number of nitrogens with one attached hydrogen (secondary N) is 1. The fraction of sp³-hybridized carbons (Fsp3) is 0.381. The second-order valence-electron chi connectivity index (χ2n) is 7.21. The van der Waals surface area contributed by atoms with Gasteiger partial charge in [0.2, 0.25) is 5.91 Å². The fourth-order valence-corrected chi connectivity index (χ4v) is 4.92. The molecule has 0 saturated carbocycles. The van der Waals surface area contributed by atoms with Gasteiger partial charge in [0.25, 0.3) is 0 Å². The average Bonchev–Trinajstić information content (AvgIpc) is 2.68. The van der Waals surface area contributed by atoms with Crippen molar-refractivity contribution in [1.29, 1.82) is 0 Å². The lowest BCUT2D eigenvalue weighted by Crippen LogP contribution is -2.42. The van der Waals surface area contributed by atoms with Crippen LogP contribution in [0.2, 0.25) is 5.02 Å². The highest BCUT2D eigenvalue weighted by Crippen LogP contribution is 2.26. The molecule has 2 aromatic rings. The molecule has 3 N–H and O–H groups in total. The third-order valence-electron chi connectivity index (χ3n) is 5.17. The summed E-state index contributed by atoms with van der Waals surface area (Å²) in [5, 5.41) is 3.78. The van der Waals surface area contributed by atoms with E-state index < -0.39 is 15.7 Å². The van der Waals surface area contributed by atoms with E-state index in [4.69, 9.17) is 17.3 Å². The summed E-state index contributed by atoms with van der Waals surface area (Å²) in [5.41, 5.74) is 8.32. The van der Waals surface area contributed by atoms with Gasteiger partial charge in [0.05, 0.1) is 10.6 Å². The van der Waals surface area contributed by atoms with E-state index in [9.17, 15) is 13.2 Å². The first kappa shape index (κ1) is 21.8. The van der Waals surface area contributed by atoms with E-state index in [1.165, 1.54) is 6.07 Å². The third-order valence-corrected chi connectivity index (χ3v) is 7.23. The summed E-state index contributed by atoms with van der Waals surface area (Å²) >= 11 is 6.14. The predicted octanol–water partition coefficient (Wildman–Crippen LogP) is 2.23. The number of rotatable bonds is 7. The quantitative estimate of drug-likeness (QED) is 0.695. The summed E-state index contributed by atoms with van der Waals surface area (Å²) in [6.07, 6.45) is 0.267. The topological polar surface area (TPSA) is 92.5 Å². The van der Waals surface area contributed by atoms with Crippen LogP contribution in [0.3, 0.4) is 0 Å². The molecular weight excluding hydrogens is 410 g/mol. The number of primary amides is 1. The standard InChI is InChI=1S/C21H26ClN3O3S/c1-2-29(27,28)20-6-4-18(22)13-17(20)12-16-11-15(3-5-19(16)21(23)26)14-25-9-7-24-8-10-25/h3-6,11,13,24H,2,7-10,12,14H2,1H3,(H2,23,26). The Morgan fingerprint density at radius 2 is 1.86 bits per heavy atom. The number of amides is 1. The normalized spacial score (nSPS) is 15.4. The van der Waals surface area contributed by atoms with Crippen LogP contribution in [-0.2, 0) is 22.8 Å². The van der Waals surface area contributed by atoms with Crippen LogP contribution >= 0.6 is 11.6 Å². The summed E-state index contributed by atoms with van der Waals surface area (Å²) < 4.78 is 25.0. The van der Waals surface area contributed by atoms with E-state index in [-0.39, 0.29) is 17.1 Å². The van der Waals surface area contributed by atoms with Crippen LogP contribution in [-0.4, -0.2) is 51.2 Å². The van der Waals surface area contributed by atoms with Crippen molar-refractivity contribution < 1.29 is 13.2 Å². The van der Waals surface area contributed by atoms with Gasteiger partial charge < -0.3 is 11.1 Å². The molecule has 1 heterocycles. The Bertz CT molecular complexity index is 1000. The molecule has 0 atom stereocenters. The summed E-state index contributed by atoms with van der Waals surface area (Å²) in [5.74, 6) is -0.538. The Morgan fingerprint density at radius 3 is 2.52 bits per heavy atom. The molecule has 1 aliphatic heterocycles. The Hall–Kier alpha value is -1.93. The van der Waals surface area contributed by atoms with Crippen LogP contribution in [0.5, 0.6) is 0 Å². The molecule has 29 heavy (non-hydrogen) atoms. The van der Waals surface area contributed by atoms with Crippen molar-refractivity contribution in [3.05, 3.63) is 63.7 Å². The Labute approximate surface area is 177 Å². The SMILES string of the molecule is CCS(=O)(=O)c1ccc(Cl)cc1Cc1cc(CN2CCNCC2)ccc1C(N)=O. The van der Waals surface area contributed by atoms with Gasteiger partial charge in [-0.15, -0.1) is 0 Å². The van der Waals surface area contributed by atoms with Crippen molar-refractivity contribution in [2.75, 3.05) is 31.9 Å². The maximum Gasteiger partial charge on any atom is 0.248 e. The van der Waals surface area contributed by atoms with E-state index in [0.29, 0.717) is 21.7 Å². The van der Waals surface area contributed by atoms with Gasteiger partial charge in [-0.2, -0.15) is 0 Å².